The third kappa shape index (κ3) is 3.53. The van der Waals surface area contributed by atoms with E-state index in [4.69, 9.17) is 11.6 Å². The normalized spacial score (nSPS) is 18.4. The molecule has 0 bridgehead atoms. The van der Waals surface area contributed by atoms with E-state index in [0.717, 1.165) is 11.3 Å². The highest BCUT2D eigenvalue weighted by atomic mass is 35.5. The summed E-state index contributed by atoms with van der Waals surface area (Å²) in [5, 5.41) is 11.4. The van der Waals surface area contributed by atoms with Gasteiger partial charge in [0.2, 0.25) is 0 Å². The Balaban J connectivity index is 2.15. The van der Waals surface area contributed by atoms with Crippen molar-refractivity contribution in [3.05, 3.63) is 82.9 Å². The number of likely N-dealkylation sites (tertiary alicyclic amines) is 1. The maximum absolute atomic E-state index is 12.8. The topological polar surface area (TPSA) is 60.9 Å². The molecule has 1 N–H and O–H groups in total. The average molecular weight is 397 g/mol. The molecule has 1 atom stereocenters. The molecule has 6 heteroatoms. The van der Waals surface area contributed by atoms with Crippen LogP contribution in [0.1, 0.15) is 17.2 Å². The van der Waals surface area contributed by atoms with E-state index in [0.29, 0.717) is 10.6 Å². The molecule has 2 aromatic carbocycles. The van der Waals surface area contributed by atoms with Crippen LogP contribution in [0.2, 0.25) is 5.02 Å². The van der Waals surface area contributed by atoms with Gasteiger partial charge < -0.3 is 14.9 Å². The summed E-state index contributed by atoms with van der Waals surface area (Å²) in [6.45, 7) is 3.88. The van der Waals surface area contributed by atoms with E-state index in [-0.39, 0.29) is 17.9 Å². The monoisotopic (exact) mass is 396 g/mol. The first kappa shape index (κ1) is 19.7. The summed E-state index contributed by atoms with van der Waals surface area (Å²) >= 11 is 5.92. The minimum Gasteiger partial charge on any atom is -0.507 e. The quantitative estimate of drug-likeness (QED) is 0.359. The van der Waals surface area contributed by atoms with Crippen LogP contribution in [0.25, 0.3) is 5.76 Å². The van der Waals surface area contributed by atoms with Crippen LogP contribution in [0, 0.1) is 0 Å². The van der Waals surface area contributed by atoms with Gasteiger partial charge in [-0.3, -0.25) is 9.59 Å². The number of hydrogen-bond donors (Lipinski definition) is 1. The highest BCUT2D eigenvalue weighted by Gasteiger charge is 2.45. The SMILES string of the molecule is C=CCN1C(=O)C(=O)C(=C(O)c2ccc(Cl)cc2)[C@@H]1c1ccc(N(C)C)cc1. The molecule has 3 rings (SSSR count). The van der Waals surface area contributed by atoms with Crippen molar-refractivity contribution in [3.63, 3.8) is 0 Å². The zero-order valence-electron chi connectivity index (χ0n) is 15.7. The first-order chi connectivity index (χ1) is 13.3. The number of aliphatic hydroxyl groups is 1. The van der Waals surface area contributed by atoms with E-state index >= 15 is 0 Å². The second-order valence-electron chi connectivity index (χ2n) is 6.73. The zero-order valence-corrected chi connectivity index (χ0v) is 16.5. The van der Waals surface area contributed by atoms with Crippen LogP contribution in [0.5, 0.6) is 0 Å². The van der Waals surface area contributed by atoms with E-state index in [9.17, 15) is 14.7 Å². The lowest BCUT2D eigenvalue weighted by atomic mass is 9.95. The van der Waals surface area contributed by atoms with Crippen LogP contribution < -0.4 is 4.90 Å². The number of aliphatic hydroxyl groups excluding tert-OH is 1. The number of halogens is 1. The molecule has 0 unspecified atom stereocenters. The molecule has 0 aromatic heterocycles. The number of Topliss-reactive ketones (excluding diaryl/α,β-unsaturated/α-hetero) is 1. The van der Waals surface area contributed by atoms with Crippen LogP contribution in [-0.2, 0) is 9.59 Å². The number of carbonyl (C=O) groups excluding carboxylic acids is 2. The summed E-state index contributed by atoms with van der Waals surface area (Å²) in [7, 11) is 3.86. The van der Waals surface area contributed by atoms with Gasteiger partial charge in [0.1, 0.15) is 5.76 Å². The van der Waals surface area contributed by atoms with Crippen molar-refractivity contribution in [1.82, 2.24) is 4.90 Å². The van der Waals surface area contributed by atoms with Crippen molar-refractivity contribution in [2.24, 2.45) is 0 Å². The number of hydrogen-bond acceptors (Lipinski definition) is 4. The van der Waals surface area contributed by atoms with Gasteiger partial charge in [-0.1, -0.05) is 29.8 Å². The first-order valence-corrected chi connectivity index (χ1v) is 9.15. The number of ketones is 1. The molecule has 0 saturated carbocycles. The predicted octanol–water partition coefficient (Wildman–Crippen LogP) is 4.01. The minimum absolute atomic E-state index is 0.0618. The Morgan fingerprint density at radius 2 is 1.75 bits per heavy atom. The number of rotatable bonds is 5. The van der Waals surface area contributed by atoms with E-state index in [1.54, 1.807) is 30.3 Å². The molecule has 28 heavy (non-hydrogen) atoms. The molecule has 2 aromatic rings. The van der Waals surface area contributed by atoms with Gasteiger partial charge in [-0.05, 0) is 42.0 Å². The molecule has 1 saturated heterocycles. The number of anilines is 1. The Morgan fingerprint density at radius 3 is 2.29 bits per heavy atom. The summed E-state index contributed by atoms with van der Waals surface area (Å²) < 4.78 is 0. The lowest BCUT2D eigenvalue weighted by Gasteiger charge is -2.24. The minimum atomic E-state index is -0.712. The highest BCUT2D eigenvalue weighted by molar-refractivity contribution is 6.46. The molecule has 1 heterocycles. The smallest absolute Gasteiger partial charge is 0.295 e. The van der Waals surface area contributed by atoms with Crippen molar-refractivity contribution in [1.29, 1.82) is 0 Å². The van der Waals surface area contributed by atoms with Crippen molar-refractivity contribution < 1.29 is 14.7 Å². The second-order valence-corrected chi connectivity index (χ2v) is 7.17. The fraction of sp³-hybridized carbons (Fsp3) is 0.182. The lowest BCUT2D eigenvalue weighted by molar-refractivity contribution is -0.139. The molecule has 1 aliphatic heterocycles. The number of benzene rings is 2. The molecular weight excluding hydrogens is 376 g/mol. The van der Waals surface area contributed by atoms with Gasteiger partial charge in [0, 0.05) is 36.9 Å². The maximum Gasteiger partial charge on any atom is 0.295 e. The fourth-order valence-electron chi connectivity index (χ4n) is 3.27. The van der Waals surface area contributed by atoms with Crippen molar-refractivity contribution >= 4 is 34.7 Å². The molecule has 0 aliphatic carbocycles. The Labute approximate surface area is 169 Å². The number of carbonyl (C=O) groups is 2. The third-order valence-corrected chi connectivity index (χ3v) is 4.96. The Kier molecular flexibility index (Phi) is 5.56. The van der Waals surface area contributed by atoms with Gasteiger partial charge in [-0.25, -0.2) is 0 Å². The van der Waals surface area contributed by atoms with Crippen LogP contribution >= 0.6 is 11.6 Å². The Hall–Kier alpha value is -3.05. The molecule has 5 nitrogen and oxygen atoms in total. The molecule has 0 spiro atoms. The Morgan fingerprint density at radius 1 is 1.14 bits per heavy atom. The van der Waals surface area contributed by atoms with E-state index in [2.05, 4.69) is 6.58 Å². The van der Waals surface area contributed by atoms with Gasteiger partial charge in [0.15, 0.2) is 0 Å². The second kappa shape index (κ2) is 7.90. The summed E-state index contributed by atoms with van der Waals surface area (Å²) in [6.07, 6.45) is 1.56. The summed E-state index contributed by atoms with van der Waals surface area (Å²) in [4.78, 5) is 28.7. The van der Waals surface area contributed by atoms with E-state index in [1.165, 1.54) is 4.90 Å². The maximum atomic E-state index is 12.8. The molecule has 0 radical (unpaired) electrons. The van der Waals surface area contributed by atoms with Gasteiger partial charge in [0.25, 0.3) is 11.7 Å². The molecule has 1 fully saturated rings. The van der Waals surface area contributed by atoms with Crippen molar-refractivity contribution in [2.75, 3.05) is 25.5 Å². The molecule has 144 valence electrons. The number of nitrogens with zero attached hydrogens (tertiary/aromatic N) is 2. The van der Waals surface area contributed by atoms with Crippen LogP contribution in [0.3, 0.4) is 0 Å². The van der Waals surface area contributed by atoms with Crippen molar-refractivity contribution in [3.8, 4) is 0 Å². The Bertz CT molecular complexity index is 947. The molecule has 1 amide bonds. The fourth-order valence-corrected chi connectivity index (χ4v) is 3.40. The first-order valence-electron chi connectivity index (χ1n) is 8.77. The standard InChI is InChI=1S/C22H21ClN2O3/c1-4-13-25-19(14-7-11-17(12-8-14)24(2)3)18(21(27)22(25)28)20(26)15-5-9-16(23)10-6-15/h4-12,19,26H,1,13H2,2-3H3/t19-/m0/s1. The summed E-state index contributed by atoms with van der Waals surface area (Å²) in [5.74, 6) is -1.59. The van der Waals surface area contributed by atoms with Gasteiger partial charge in [0.05, 0.1) is 11.6 Å². The van der Waals surface area contributed by atoms with Gasteiger partial charge >= 0.3 is 0 Å². The van der Waals surface area contributed by atoms with Gasteiger partial charge in [-0.15, -0.1) is 6.58 Å². The van der Waals surface area contributed by atoms with Crippen LogP contribution in [0.15, 0.2) is 66.8 Å². The predicted molar refractivity (Wildman–Crippen MR) is 111 cm³/mol. The summed E-state index contributed by atoms with van der Waals surface area (Å²) in [6, 6.07) is 13.3. The third-order valence-electron chi connectivity index (χ3n) is 4.71. The van der Waals surface area contributed by atoms with Crippen LogP contribution in [-0.4, -0.2) is 42.3 Å². The van der Waals surface area contributed by atoms with E-state index in [1.807, 2.05) is 43.3 Å². The molecule has 1 aliphatic rings. The summed E-state index contributed by atoms with van der Waals surface area (Å²) in [5.41, 5.74) is 2.21. The largest absolute Gasteiger partial charge is 0.507 e. The lowest BCUT2D eigenvalue weighted by Crippen LogP contribution is -2.29. The molecular formula is C22H21ClN2O3. The number of amides is 1. The van der Waals surface area contributed by atoms with Crippen molar-refractivity contribution in [2.45, 2.75) is 6.04 Å². The highest BCUT2D eigenvalue weighted by Crippen LogP contribution is 2.39. The van der Waals surface area contributed by atoms with Crippen LogP contribution in [0.4, 0.5) is 5.69 Å². The zero-order chi connectivity index (χ0) is 20.4. The van der Waals surface area contributed by atoms with E-state index < -0.39 is 17.7 Å². The average Bonchev–Trinajstić information content (AvgIpc) is 2.93. The van der Waals surface area contributed by atoms with Gasteiger partial charge in [-0.2, -0.15) is 0 Å².